The van der Waals surface area contributed by atoms with Crippen LogP contribution in [0.5, 0.6) is 0 Å². The molecule has 0 bridgehead atoms. The van der Waals surface area contributed by atoms with Gasteiger partial charge in [-0.25, -0.2) is 9.78 Å². The van der Waals surface area contributed by atoms with E-state index in [0.717, 1.165) is 45.1 Å². The van der Waals surface area contributed by atoms with E-state index in [1.54, 1.807) is 6.20 Å². The van der Waals surface area contributed by atoms with Gasteiger partial charge in [-0.15, -0.1) is 0 Å². The monoisotopic (exact) mass is 420 g/mol. The molecule has 9 heteroatoms. The van der Waals surface area contributed by atoms with E-state index in [0.29, 0.717) is 23.5 Å². The zero-order valence-electron chi connectivity index (χ0n) is 18.5. The molecule has 1 saturated carbocycles. The largest absolute Gasteiger partial charge is 0.444 e. The van der Waals surface area contributed by atoms with E-state index in [1.165, 1.54) is 0 Å². The number of anilines is 3. The maximum Gasteiger partial charge on any atom is 0.407 e. The van der Waals surface area contributed by atoms with Crippen LogP contribution >= 0.6 is 0 Å². The van der Waals surface area contributed by atoms with Gasteiger partial charge in [0.2, 0.25) is 5.95 Å². The van der Waals surface area contributed by atoms with E-state index in [4.69, 9.17) is 15.2 Å². The Kier molecular flexibility index (Phi) is 7.23. The molecule has 3 rings (SSSR count). The Bertz CT molecular complexity index is 715. The van der Waals surface area contributed by atoms with E-state index in [-0.39, 0.29) is 24.3 Å². The number of hydrogen-bond donors (Lipinski definition) is 4. The van der Waals surface area contributed by atoms with Crippen molar-refractivity contribution in [3.63, 3.8) is 0 Å². The van der Waals surface area contributed by atoms with Crippen LogP contribution in [0.15, 0.2) is 6.20 Å². The maximum atomic E-state index is 12.0. The van der Waals surface area contributed by atoms with E-state index >= 15 is 0 Å². The Morgan fingerprint density at radius 3 is 2.50 bits per heavy atom. The van der Waals surface area contributed by atoms with E-state index in [1.807, 2.05) is 20.8 Å². The SMILES string of the molecule is C[C@H]1C[C@@H](Nc2ncc(N)c(NC3CCC(NC(=O)OC(C)(C)C)CC3)n2)CCO1. The highest BCUT2D eigenvalue weighted by Crippen LogP contribution is 2.25. The molecule has 30 heavy (non-hydrogen) atoms. The molecule has 2 fully saturated rings. The molecule has 0 aromatic carbocycles. The van der Waals surface area contributed by atoms with Crippen molar-refractivity contribution in [1.29, 1.82) is 0 Å². The van der Waals surface area contributed by atoms with Gasteiger partial charge in [-0.1, -0.05) is 0 Å². The number of nitrogens with two attached hydrogens (primary N) is 1. The lowest BCUT2D eigenvalue weighted by molar-refractivity contribution is 0.0231. The summed E-state index contributed by atoms with van der Waals surface area (Å²) in [5.74, 6) is 1.25. The van der Waals surface area contributed by atoms with Gasteiger partial charge in [0.1, 0.15) is 5.60 Å². The second kappa shape index (κ2) is 9.68. The molecular formula is C21H36N6O3. The molecular weight excluding hydrogens is 384 g/mol. The summed E-state index contributed by atoms with van der Waals surface area (Å²) >= 11 is 0. The molecule has 2 atom stereocenters. The Hall–Kier alpha value is -2.29. The number of carbonyl (C=O) groups is 1. The standard InChI is InChI=1S/C21H36N6O3/c1-13-11-16(9-10-29-13)25-19-23-12-17(22)18(27-19)24-14-5-7-15(8-6-14)26-20(28)30-21(2,3)4/h12-16H,5-11,22H2,1-4H3,(H,26,28)(H2,23,24,25,27)/t13-,14?,15?,16-/m0/s1. The zero-order valence-corrected chi connectivity index (χ0v) is 18.5. The molecule has 1 aromatic rings. The number of nitrogens with zero attached hydrogens (tertiary/aromatic N) is 2. The van der Waals surface area contributed by atoms with Gasteiger partial charge >= 0.3 is 6.09 Å². The third-order valence-electron chi connectivity index (χ3n) is 5.42. The predicted molar refractivity (Wildman–Crippen MR) is 118 cm³/mol. The number of hydrogen-bond acceptors (Lipinski definition) is 8. The molecule has 168 valence electrons. The quantitative estimate of drug-likeness (QED) is 0.572. The lowest BCUT2D eigenvalue weighted by Gasteiger charge is -2.31. The second-order valence-electron chi connectivity index (χ2n) is 9.38. The first-order chi connectivity index (χ1) is 14.2. The second-order valence-corrected chi connectivity index (χ2v) is 9.38. The maximum absolute atomic E-state index is 12.0. The van der Waals surface area contributed by atoms with Crippen molar-refractivity contribution in [2.24, 2.45) is 0 Å². The Balaban J connectivity index is 1.49. The van der Waals surface area contributed by atoms with Crippen molar-refractivity contribution in [3.05, 3.63) is 6.20 Å². The van der Waals surface area contributed by atoms with Gasteiger partial charge in [0, 0.05) is 24.7 Å². The van der Waals surface area contributed by atoms with Crippen molar-refractivity contribution < 1.29 is 14.3 Å². The third kappa shape index (κ3) is 6.90. The lowest BCUT2D eigenvalue weighted by Crippen LogP contribution is -2.42. The van der Waals surface area contributed by atoms with Crippen LogP contribution in [0.4, 0.5) is 22.2 Å². The Labute approximate surface area is 178 Å². The molecule has 5 N–H and O–H groups in total. The van der Waals surface area contributed by atoms with Gasteiger partial charge in [-0.3, -0.25) is 0 Å². The van der Waals surface area contributed by atoms with Gasteiger partial charge in [-0.2, -0.15) is 4.98 Å². The van der Waals surface area contributed by atoms with Crippen molar-refractivity contribution in [1.82, 2.24) is 15.3 Å². The van der Waals surface area contributed by atoms with E-state index in [2.05, 4.69) is 32.8 Å². The third-order valence-corrected chi connectivity index (χ3v) is 5.42. The van der Waals surface area contributed by atoms with Gasteiger partial charge in [0.15, 0.2) is 5.82 Å². The molecule has 1 aromatic heterocycles. The minimum atomic E-state index is -0.484. The zero-order chi connectivity index (χ0) is 21.7. The molecule has 0 unspecified atom stereocenters. The van der Waals surface area contributed by atoms with Crippen molar-refractivity contribution in [2.75, 3.05) is 23.0 Å². The molecule has 2 heterocycles. The summed E-state index contributed by atoms with van der Waals surface area (Å²) in [6, 6.07) is 0.697. The van der Waals surface area contributed by atoms with Crippen LogP contribution in [0.25, 0.3) is 0 Å². The summed E-state index contributed by atoms with van der Waals surface area (Å²) < 4.78 is 10.9. The number of alkyl carbamates (subject to hydrolysis) is 1. The molecule has 1 saturated heterocycles. The number of amides is 1. The van der Waals surface area contributed by atoms with Crippen molar-refractivity contribution in [3.8, 4) is 0 Å². The molecule has 0 spiro atoms. The number of carbonyl (C=O) groups excluding carboxylic acids is 1. The van der Waals surface area contributed by atoms with Crippen LogP contribution in [0.1, 0.15) is 66.2 Å². The fraction of sp³-hybridized carbons (Fsp3) is 0.762. The van der Waals surface area contributed by atoms with Crippen LogP contribution < -0.4 is 21.7 Å². The van der Waals surface area contributed by atoms with Crippen molar-refractivity contribution >= 4 is 23.5 Å². The number of ether oxygens (including phenoxy) is 2. The summed E-state index contributed by atoms with van der Waals surface area (Å²) in [4.78, 5) is 20.9. The van der Waals surface area contributed by atoms with Crippen LogP contribution in [0.2, 0.25) is 0 Å². The average Bonchev–Trinajstić information content (AvgIpc) is 2.64. The molecule has 0 radical (unpaired) electrons. The van der Waals surface area contributed by atoms with Gasteiger partial charge in [-0.05, 0) is 66.2 Å². The number of nitrogens with one attached hydrogen (secondary N) is 3. The van der Waals surface area contributed by atoms with Crippen LogP contribution in [-0.4, -0.2) is 52.5 Å². The fourth-order valence-corrected chi connectivity index (χ4v) is 3.94. The first kappa shape index (κ1) is 22.4. The summed E-state index contributed by atoms with van der Waals surface area (Å²) in [6.45, 7) is 8.43. The van der Waals surface area contributed by atoms with Crippen LogP contribution in [0, 0.1) is 0 Å². The summed E-state index contributed by atoms with van der Waals surface area (Å²) in [7, 11) is 0. The molecule has 1 aliphatic heterocycles. The topological polar surface area (TPSA) is 123 Å². The number of nitrogen functional groups attached to an aromatic ring is 1. The predicted octanol–water partition coefficient (Wildman–Crippen LogP) is 3.29. The van der Waals surface area contributed by atoms with E-state index in [9.17, 15) is 4.79 Å². The molecule has 2 aliphatic rings. The normalized spacial score (nSPS) is 27.2. The first-order valence-corrected chi connectivity index (χ1v) is 10.9. The van der Waals surface area contributed by atoms with E-state index < -0.39 is 5.60 Å². The number of aromatic nitrogens is 2. The Morgan fingerprint density at radius 1 is 1.13 bits per heavy atom. The minimum absolute atomic E-state index is 0.133. The van der Waals surface area contributed by atoms with Crippen LogP contribution in [0.3, 0.4) is 0 Å². The average molecular weight is 421 g/mol. The lowest BCUT2D eigenvalue weighted by atomic mass is 9.91. The van der Waals surface area contributed by atoms with Gasteiger partial charge < -0.3 is 31.2 Å². The highest BCUT2D eigenvalue weighted by atomic mass is 16.6. The highest BCUT2D eigenvalue weighted by molar-refractivity contribution is 5.68. The van der Waals surface area contributed by atoms with Gasteiger partial charge in [0.05, 0.1) is 18.0 Å². The first-order valence-electron chi connectivity index (χ1n) is 10.9. The van der Waals surface area contributed by atoms with Crippen molar-refractivity contribution in [2.45, 2.75) is 96.1 Å². The van der Waals surface area contributed by atoms with Gasteiger partial charge in [0.25, 0.3) is 0 Å². The minimum Gasteiger partial charge on any atom is -0.444 e. The summed E-state index contributed by atoms with van der Waals surface area (Å²) in [5, 5.41) is 9.84. The Morgan fingerprint density at radius 2 is 1.83 bits per heavy atom. The highest BCUT2D eigenvalue weighted by Gasteiger charge is 2.26. The molecule has 1 amide bonds. The molecule has 1 aliphatic carbocycles. The summed E-state index contributed by atoms with van der Waals surface area (Å²) in [6.07, 6.45) is 7.02. The fourth-order valence-electron chi connectivity index (χ4n) is 3.94. The summed E-state index contributed by atoms with van der Waals surface area (Å²) in [5.41, 5.74) is 6.16. The number of rotatable bonds is 5. The van der Waals surface area contributed by atoms with Crippen LogP contribution in [-0.2, 0) is 9.47 Å². The molecule has 9 nitrogen and oxygen atoms in total. The smallest absolute Gasteiger partial charge is 0.407 e.